The van der Waals surface area contributed by atoms with Crippen LogP contribution in [0.3, 0.4) is 0 Å². The highest BCUT2D eigenvalue weighted by Gasteiger charge is 2.26. The molecule has 0 amide bonds. The monoisotopic (exact) mass is 170 g/mol. The van der Waals surface area contributed by atoms with Gasteiger partial charge in [-0.2, -0.15) is 0 Å². The highest BCUT2D eigenvalue weighted by atomic mass is 14.3. The molecule has 0 bridgehead atoms. The smallest absolute Gasteiger partial charge is 0.0414 e. The lowest BCUT2D eigenvalue weighted by Gasteiger charge is -1.98. The summed E-state index contributed by atoms with van der Waals surface area (Å²) in [6.45, 7) is 11.4. The fraction of sp³-hybridized carbons (Fsp3) is 1.00. The molecule has 1 fully saturated rings. The molecule has 1 rings (SSSR count). The Balaban J connectivity index is 0.000000211. The Kier molecular flexibility index (Phi) is 6.51. The highest BCUT2D eigenvalue weighted by molar-refractivity contribution is 4.76. The van der Waals surface area contributed by atoms with Gasteiger partial charge in [0.25, 0.3) is 0 Å². The fourth-order valence-electron chi connectivity index (χ4n) is 1.12. The summed E-state index contributed by atoms with van der Waals surface area (Å²) in [4.78, 5) is 0. The van der Waals surface area contributed by atoms with Crippen molar-refractivity contribution in [1.82, 2.24) is 0 Å². The van der Waals surface area contributed by atoms with Crippen LogP contribution in [-0.4, -0.2) is 0 Å². The Hall–Kier alpha value is 0. The minimum atomic E-state index is 0.903. The molecular weight excluding hydrogens is 144 g/mol. The van der Waals surface area contributed by atoms with Gasteiger partial charge in [0.1, 0.15) is 0 Å². The molecule has 74 valence electrons. The quantitative estimate of drug-likeness (QED) is 0.585. The lowest BCUT2D eigenvalue weighted by Crippen LogP contribution is -1.83. The number of rotatable bonds is 3. The first-order chi connectivity index (χ1) is 5.57. The minimum Gasteiger partial charge on any atom is -0.0654 e. The van der Waals surface area contributed by atoms with Gasteiger partial charge in [0.2, 0.25) is 0 Å². The number of hydrogen-bond acceptors (Lipinski definition) is 0. The molecule has 0 heterocycles. The van der Waals surface area contributed by atoms with Crippen LogP contribution in [-0.2, 0) is 0 Å². The van der Waals surface area contributed by atoms with Gasteiger partial charge in [-0.3, -0.25) is 0 Å². The molecule has 0 aromatic heterocycles. The first-order valence-corrected chi connectivity index (χ1v) is 5.57. The van der Waals surface area contributed by atoms with Crippen LogP contribution in [0.2, 0.25) is 0 Å². The van der Waals surface area contributed by atoms with E-state index in [1.807, 2.05) is 0 Å². The standard InChI is InChI=1S/C7H16.C5H10/c1-4-5-6-7(2)3;1-4-3-5(4)2/h7H,4-6H2,1-3H3;4-5H,3H2,1-2H3. The minimum absolute atomic E-state index is 0.903. The molecule has 0 saturated heterocycles. The first kappa shape index (κ1) is 12.0. The molecule has 0 nitrogen and oxygen atoms in total. The lowest BCUT2D eigenvalue weighted by molar-refractivity contribution is 0.550. The Bertz CT molecular complexity index is 88.2. The average molecular weight is 170 g/mol. The van der Waals surface area contributed by atoms with Gasteiger partial charge < -0.3 is 0 Å². The third-order valence-electron chi connectivity index (χ3n) is 2.65. The van der Waals surface area contributed by atoms with Crippen molar-refractivity contribution in [3.8, 4) is 0 Å². The lowest BCUT2D eigenvalue weighted by atomic mass is 10.1. The van der Waals surface area contributed by atoms with E-state index >= 15 is 0 Å². The van der Waals surface area contributed by atoms with Crippen LogP contribution in [0.25, 0.3) is 0 Å². The second-order valence-corrected chi connectivity index (χ2v) is 4.73. The summed E-state index contributed by atoms with van der Waals surface area (Å²) in [5.41, 5.74) is 0. The van der Waals surface area contributed by atoms with E-state index < -0.39 is 0 Å². The van der Waals surface area contributed by atoms with Crippen molar-refractivity contribution in [2.24, 2.45) is 17.8 Å². The van der Waals surface area contributed by atoms with Crippen molar-refractivity contribution < 1.29 is 0 Å². The Labute approximate surface area is 78.8 Å². The number of hydrogen-bond donors (Lipinski definition) is 0. The summed E-state index contributed by atoms with van der Waals surface area (Å²) in [5, 5.41) is 0. The topological polar surface area (TPSA) is 0 Å². The summed E-state index contributed by atoms with van der Waals surface area (Å²) < 4.78 is 0. The third-order valence-corrected chi connectivity index (χ3v) is 2.65. The molecule has 0 N–H and O–H groups in total. The molecule has 2 atom stereocenters. The van der Waals surface area contributed by atoms with Crippen LogP contribution in [0.5, 0.6) is 0 Å². The second kappa shape index (κ2) is 6.51. The Morgan fingerprint density at radius 3 is 1.67 bits per heavy atom. The van der Waals surface area contributed by atoms with Crippen molar-refractivity contribution in [1.29, 1.82) is 0 Å². The average Bonchev–Trinajstić information content (AvgIpc) is 2.62. The highest BCUT2D eigenvalue weighted by Crippen LogP contribution is 2.36. The zero-order valence-electron chi connectivity index (χ0n) is 9.56. The Morgan fingerprint density at radius 1 is 1.17 bits per heavy atom. The molecule has 0 aromatic carbocycles. The second-order valence-electron chi connectivity index (χ2n) is 4.73. The van der Waals surface area contributed by atoms with Crippen LogP contribution in [0, 0.1) is 17.8 Å². The maximum atomic E-state index is 2.30. The molecule has 1 saturated carbocycles. The largest absolute Gasteiger partial charge is 0.0654 e. The fourth-order valence-corrected chi connectivity index (χ4v) is 1.12. The number of unbranched alkanes of at least 4 members (excludes halogenated alkanes) is 1. The summed E-state index contributed by atoms with van der Waals surface area (Å²) in [7, 11) is 0. The van der Waals surface area contributed by atoms with E-state index in [4.69, 9.17) is 0 Å². The van der Waals surface area contributed by atoms with Crippen LogP contribution in [0.1, 0.15) is 60.3 Å². The zero-order chi connectivity index (χ0) is 9.56. The predicted molar refractivity (Wildman–Crippen MR) is 57.3 cm³/mol. The van der Waals surface area contributed by atoms with Crippen LogP contribution >= 0.6 is 0 Å². The molecule has 0 aromatic rings. The molecular formula is C12H26. The van der Waals surface area contributed by atoms with Crippen molar-refractivity contribution >= 4 is 0 Å². The van der Waals surface area contributed by atoms with Gasteiger partial charge in [-0.05, 0) is 24.2 Å². The molecule has 0 heteroatoms. The SMILES string of the molecule is CC1CC1C.CCCCC(C)C. The maximum absolute atomic E-state index is 2.30. The molecule has 1 aliphatic carbocycles. The van der Waals surface area contributed by atoms with Crippen LogP contribution in [0.4, 0.5) is 0 Å². The summed E-state index contributed by atoms with van der Waals surface area (Å²) in [6.07, 6.45) is 5.62. The van der Waals surface area contributed by atoms with Gasteiger partial charge >= 0.3 is 0 Å². The van der Waals surface area contributed by atoms with Gasteiger partial charge in [0.15, 0.2) is 0 Å². The van der Waals surface area contributed by atoms with Gasteiger partial charge in [-0.25, -0.2) is 0 Å². The van der Waals surface area contributed by atoms with Gasteiger partial charge in [0, 0.05) is 0 Å². The van der Waals surface area contributed by atoms with Crippen molar-refractivity contribution in [3.05, 3.63) is 0 Å². The van der Waals surface area contributed by atoms with E-state index in [1.165, 1.54) is 25.7 Å². The van der Waals surface area contributed by atoms with E-state index in [1.54, 1.807) is 0 Å². The summed E-state index contributed by atoms with van der Waals surface area (Å²) in [5.74, 6) is 3.00. The molecule has 1 aliphatic rings. The van der Waals surface area contributed by atoms with Gasteiger partial charge in [-0.1, -0.05) is 53.9 Å². The molecule has 2 unspecified atom stereocenters. The van der Waals surface area contributed by atoms with E-state index in [-0.39, 0.29) is 0 Å². The molecule has 0 spiro atoms. The molecule has 12 heavy (non-hydrogen) atoms. The summed E-state index contributed by atoms with van der Waals surface area (Å²) in [6, 6.07) is 0. The normalized spacial score (nSPS) is 26.5. The van der Waals surface area contributed by atoms with Crippen molar-refractivity contribution in [2.75, 3.05) is 0 Å². The van der Waals surface area contributed by atoms with Gasteiger partial charge in [0.05, 0.1) is 0 Å². The molecule has 0 aliphatic heterocycles. The summed E-state index contributed by atoms with van der Waals surface area (Å²) >= 11 is 0. The van der Waals surface area contributed by atoms with E-state index in [2.05, 4.69) is 34.6 Å². The molecule has 0 radical (unpaired) electrons. The maximum Gasteiger partial charge on any atom is -0.0414 e. The van der Waals surface area contributed by atoms with Crippen LogP contribution in [0.15, 0.2) is 0 Å². The van der Waals surface area contributed by atoms with Crippen LogP contribution < -0.4 is 0 Å². The van der Waals surface area contributed by atoms with E-state index in [0.717, 1.165) is 17.8 Å². The van der Waals surface area contributed by atoms with E-state index in [0.29, 0.717) is 0 Å². The third kappa shape index (κ3) is 8.10. The first-order valence-electron chi connectivity index (χ1n) is 5.57. The Morgan fingerprint density at radius 2 is 1.58 bits per heavy atom. The van der Waals surface area contributed by atoms with Crippen molar-refractivity contribution in [2.45, 2.75) is 60.3 Å². The van der Waals surface area contributed by atoms with Gasteiger partial charge in [-0.15, -0.1) is 0 Å². The van der Waals surface area contributed by atoms with E-state index in [9.17, 15) is 0 Å². The zero-order valence-corrected chi connectivity index (χ0v) is 9.56. The van der Waals surface area contributed by atoms with Crippen molar-refractivity contribution in [3.63, 3.8) is 0 Å². The predicted octanol–water partition coefficient (Wildman–Crippen LogP) is 4.49.